The van der Waals surface area contributed by atoms with Crippen molar-refractivity contribution in [1.29, 1.82) is 0 Å². The Balaban J connectivity index is 1.94. The number of halogens is 1. The van der Waals surface area contributed by atoms with Gasteiger partial charge < -0.3 is 9.80 Å². The van der Waals surface area contributed by atoms with Crippen LogP contribution in [-0.4, -0.2) is 47.8 Å². The van der Waals surface area contributed by atoms with Gasteiger partial charge >= 0.3 is 0 Å². The summed E-state index contributed by atoms with van der Waals surface area (Å²) in [4.78, 5) is 27.5. The highest BCUT2D eigenvalue weighted by Crippen LogP contribution is 2.21. The van der Waals surface area contributed by atoms with Crippen molar-refractivity contribution in [2.24, 2.45) is 0 Å². The zero-order chi connectivity index (χ0) is 15.4. The van der Waals surface area contributed by atoms with Crippen LogP contribution in [0.5, 0.6) is 0 Å². The van der Waals surface area contributed by atoms with Gasteiger partial charge in [-0.05, 0) is 23.8 Å². The van der Waals surface area contributed by atoms with E-state index in [0.29, 0.717) is 36.1 Å². The molecule has 0 aliphatic carbocycles. The molecule has 1 aromatic rings. The lowest BCUT2D eigenvalue weighted by molar-refractivity contribution is -0.135. The first-order valence-corrected chi connectivity index (χ1v) is 7.51. The molecule has 1 saturated heterocycles. The van der Waals surface area contributed by atoms with Crippen LogP contribution in [0.4, 0.5) is 0 Å². The van der Waals surface area contributed by atoms with E-state index in [2.05, 4.69) is 12.6 Å². The van der Waals surface area contributed by atoms with E-state index >= 15 is 0 Å². The Morgan fingerprint density at radius 2 is 1.81 bits per heavy atom. The molecule has 0 bridgehead atoms. The maximum atomic E-state index is 12.1. The fourth-order valence-corrected chi connectivity index (χ4v) is 2.47. The molecular formula is C15H17ClN2O2S. The summed E-state index contributed by atoms with van der Waals surface area (Å²) in [5.41, 5.74) is 0.855. The second-order valence-corrected chi connectivity index (χ2v) is 5.76. The highest BCUT2D eigenvalue weighted by Gasteiger charge is 2.20. The van der Waals surface area contributed by atoms with Crippen LogP contribution in [0, 0.1) is 0 Å². The first-order valence-electron chi connectivity index (χ1n) is 6.68. The van der Waals surface area contributed by atoms with E-state index < -0.39 is 0 Å². The lowest BCUT2D eigenvalue weighted by Gasteiger charge is -2.33. The summed E-state index contributed by atoms with van der Waals surface area (Å²) in [7, 11) is 0. The minimum Gasteiger partial charge on any atom is -0.339 e. The molecule has 1 aromatic carbocycles. The van der Waals surface area contributed by atoms with Crippen molar-refractivity contribution in [2.45, 2.75) is 11.8 Å². The summed E-state index contributed by atoms with van der Waals surface area (Å²) in [6.45, 7) is 3.87. The zero-order valence-corrected chi connectivity index (χ0v) is 13.4. The van der Waals surface area contributed by atoms with Crippen LogP contribution in [0.2, 0.25) is 5.02 Å². The quantitative estimate of drug-likeness (QED) is 0.670. The molecule has 1 heterocycles. The molecule has 0 spiro atoms. The van der Waals surface area contributed by atoms with Crippen LogP contribution in [0.15, 0.2) is 29.2 Å². The summed E-state index contributed by atoms with van der Waals surface area (Å²) in [6.07, 6.45) is 3.27. The first kappa shape index (κ1) is 15.9. The monoisotopic (exact) mass is 324 g/mol. The smallest absolute Gasteiger partial charge is 0.246 e. The second-order valence-electron chi connectivity index (χ2n) is 4.88. The van der Waals surface area contributed by atoms with Crippen molar-refractivity contribution in [2.75, 3.05) is 26.2 Å². The highest BCUT2D eigenvalue weighted by molar-refractivity contribution is 7.80. The van der Waals surface area contributed by atoms with E-state index in [4.69, 9.17) is 11.6 Å². The van der Waals surface area contributed by atoms with E-state index in [1.807, 2.05) is 6.07 Å². The predicted molar refractivity (Wildman–Crippen MR) is 86.6 cm³/mol. The van der Waals surface area contributed by atoms with Crippen LogP contribution in [0.1, 0.15) is 12.5 Å². The van der Waals surface area contributed by atoms with Gasteiger partial charge in [0.25, 0.3) is 0 Å². The zero-order valence-electron chi connectivity index (χ0n) is 11.8. The number of piperazine rings is 1. The summed E-state index contributed by atoms with van der Waals surface area (Å²) in [6, 6.07) is 5.41. The van der Waals surface area contributed by atoms with Crippen molar-refractivity contribution in [3.05, 3.63) is 34.9 Å². The summed E-state index contributed by atoms with van der Waals surface area (Å²) < 4.78 is 0. The Hall–Kier alpha value is -1.46. The van der Waals surface area contributed by atoms with Gasteiger partial charge in [0, 0.05) is 44.1 Å². The molecule has 0 N–H and O–H groups in total. The van der Waals surface area contributed by atoms with Crippen molar-refractivity contribution in [3.8, 4) is 0 Å². The topological polar surface area (TPSA) is 40.6 Å². The van der Waals surface area contributed by atoms with Gasteiger partial charge in [0.1, 0.15) is 0 Å². The number of amides is 2. The van der Waals surface area contributed by atoms with Gasteiger partial charge in [0.05, 0.1) is 5.02 Å². The molecule has 1 aliphatic rings. The third-order valence-corrected chi connectivity index (χ3v) is 4.26. The van der Waals surface area contributed by atoms with Crippen LogP contribution in [0.25, 0.3) is 6.08 Å². The van der Waals surface area contributed by atoms with Crippen molar-refractivity contribution < 1.29 is 9.59 Å². The van der Waals surface area contributed by atoms with Gasteiger partial charge in [-0.15, -0.1) is 12.6 Å². The summed E-state index contributed by atoms with van der Waals surface area (Å²) in [5.74, 6) is 0.00315. The molecule has 0 atom stereocenters. The van der Waals surface area contributed by atoms with E-state index in [0.717, 1.165) is 5.56 Å². The SMILES string of the molecule is CC(=O)N1CCN(C(=O)/C=C/c2ccc(S)c(Cl)c2)CC1. The number of carbonyl (C=O) groups excluding carboxylic acids is 2. The van der Waals surface area contributed by atoms with E-state index in [1.165, 1.54) is 6.08 Å². The Kier molecular flexibility index (Phi) is 5.31. The maximum Gasteiger partial charge on any atom is 0.246 e. The number of hydrogen-bond donors (Lipinski definition) is 1. The average Bonchev–Trinajstić information content (AvgIpc) is 2.48. The molecule has 1 fully saturated rings. The molecule has 21 heavy (non-hydrogen) atoms. The van der Waals surface area contributed by atoms with Crippen LogP contribution in [-0.2, 0) is 9.59 Å². The van der Waals surface area contributed by atoms with Crippen molar-refractivity contribution in [3.63, 3.8) is 0 Å². The third-order valence-electron chi connectivity index (χ3n) is 3.43. The van der Waals surface area contributed by atoms with Gasteiger partial charge in [0.2, 0.25) is 11.8 Å². The number of carbonyl (C=O) groups is 2. The first-order chi connectivity index (χ1) is 9.97. The lowest BCUT2D eigenvalue weighted by atomic mass is 10.2. The Morgan fingerprint density at radius 3 is 2.38 bits per heavy atom. The van der Waals surface area contributed by atoms with Crippen molar-refractivity contribution >= 4 is 42.1 Å². The van der Waals surface area contributed by atoms with Gasteiger partial charge in [0.15, 0.2) is 0 Å². The van der Waals surface area contributed by atoms with Gasteiger partial charge in [-0.2, -0.15) is 0 Å². The fraction of sp³-hybridized carbons (Fsp3) is 0.333. The molecule has 6 heteroatoms. The second kappa shape index (κ2) is 7.00. The van der Waals surface area contributed by atoms with Gasteiger partial charge in [-0.1, -0.05) is 17.7 Å². The molecule has 1 aliphatic heterocycles. The maximum absolute atomic E-state index is 12.1. The summed E-state index contributed by atoms with van der Waals surface area (Å²) in [5, 5.41) is 0.558. The molecule has 2 rings (SSSR count). The standard InChI is InChI=1S/C15H17ClN2O2S/c1-11(19)17-6-8-18(9-7-17)15(20)5-3-12-2-4-14(21)13(16)10-12/h2-5,10,21H,6-9H2,1H3/b5-3+. The number of hydrogen-bond acceptors (Lipinski definition) is 3. The van der Waals surface area contributed by atoms with Gasteiger partial charge in [-0.3, -0.25) is 9.59 Å². The molecule has 2 amide bonds. The Bertz CT molecular complexity index is 581. The normalized spacial score (nSPS) is 15.6. The van der Waals surface area contributed by atoms with E-state index in [-0.39, 0.29) is 11.8 Å². The summed E-state index contributed by atoms with van der Waals surface area (Å²) >= 11 is 10.2. The Labute approximate surface area is 134 Å². The Morgan fingerprint density at radius 1 is 1.19 bits per heavy atom. The van der Waals surface area contributed by atoms with E-state index in [9.17, 15) is 9.59 Å². The largest absolute Gasteiger partial charge is 0.339 e. The van der Waals surface area contributed by atoms with Crippen LogP contribution >= 0.6 is 24.2 Å². The van der Waals surface area contributed by atoms with Crippen molar-refractivity contribution in [1.82, 2.24) is 9.80 Å². The average molecular weight is 325 g/mol. The number of benzene rings is 1. The van der Waals surface area contributed by atoms with Gasteiger partial charge in [-0.25, -0.2) is 0 Å². The fourth-order valence-electron chi connectivity index (χ4n) is 2.14. The van der Waals surface area contributed by atoms with E-state index in [1.54, 1.807) is 34.9 Å². The molecule has 112 valence electrons. The minimum atomic E-state index is -0.0516. The highest BCUT2D eigenvalue weighted by atomic mass is 35.5. The van der Waals surface area contributed by atoms with Crippen LogP contribution < -0.4 is 0 Å². The molecule has 0 aromatic heterocycles. The third kappa shape index (κ3) is 4.25. The molecular weight excluding hydrogens is 308 g/mol. The number of rotatable bonds is 2. The van der Waals surface area contributed by atoms with Crippen LogP contribution in [0.3, 0.4) is 0 Å². The molecule has 0 saturated carbocycles. The minimum absolute atomic E-state index is 0.0516. The number of thiol groups is 1. The molecule has 0 unspecified atom stereocenters. The lowest BCUT2D eigenvalue weighted by Crippen LogP contribution is -2.49. The molecule has 0 radical (unpaired) electrons. The number of nitrogens with zero attached hydrogens (tertiary/aromatic N) is 2. The molecule has 4 nitrogen and oxygen atoms in total. The predicted octanol–water partition coefficient (Wildman–Crippen LogP) is 2.33.